The molecule has 0 bridgehead atoms. The Morgan fingerprint density at radius 2 is 2.17 bits per heavy atom. The van der Waals surface area contributed by atoms with Gasteiger partial charge >= 0.3 is 6.03 Å². The number of nitrogens with zero attached hydrogens (tertiary/aromatic N) is 2. The summed E-state index contributed by atoms with van der Waals surface area (Å²) in [6.45, 7) is 5.21. The molecule has 0 aliphatic carbocycles. The largest absolute Gasteiger partial charge is 0.374 e. The van der Waals surface area contributed by atoms with Gasteiger partial charge in [0.1, 0.15) is 11.5 Å². The van der Waals surface area contributed by atoms with Crippen LogP contribution in [-0.4, -0.2) is 35.3 Å². The van der Waals surface area contributed by atoms with E-state index >= 15 is 0 Å². The Kier molecular flexibility index (Phi) is 4.62. The second-order valence-corrected chi connectivity index (χ2v) is 5.81. The first-order valence-electron chi connectivity index (χ1n) is 7.76. The number of aromatic nitrogens is 1. The highest BCUT2D eigenvalue weighted by atomic mass is 16.5. The minimum atomic E-state index is -0.116. The fraction of sp³-hybridized carbons (Fsp3) is 0.412. The van der Waals surface area contributed by atoms with Gasteiger partial charge in [0.25, 0.3) is 0 Å². The van der Waals surface area contributed by atoms with Gasteiger partial charge in [0.15, 0.2) is 0 Å². The number of urea groups is 1. The number of amides is 2. The number of hydrogen-bond acceptors (Lipinski definition) is 4. The van der Waals surface area contributed by atoms with Crippen molar-refractivity contribution in [2.45, 2.75) is 32.5 Å². The summed E-state index contributed by atoms with van der Waals surface area (Å²) in [5.41, 5.74) is 1.79. The maximum absolute atomic E-state index is 12.6. The quantitative estimate of drug-likeness (QED) is 0.945. The van der Waals surface area contributed by atoms with E-state index in [1.807, 2.05) is 55.1 Å². The van der Waals surface area contributed by atoms with Crippen LogP contribution in [0.2, 0.25) is 0 Å². The lowest BCUT2D eigenvalue weighted by molar-refractivity contribution is -0.0382. The van der Waals surface area contributed by atoms with Gasteiger partial charge < -0.3 is 19.5 Å². The molecule has 3 rings (SSSR count). The van der Waals surface area contributed by atoms with Crippen LogP contribution in [0, 0.1) is 6.92 Å². The SMILES string of the molecule is Cc1cc(CNC(=O)N2C[C@@H](C)OC[C@@H]2c2ccccc2)no1. The summed E-state index contributed by atoms with van der Waals surface area (Å²) in [5.74, 6) is 0.733. The third kappa shape index (κ3) is 3.71. The Bertz CT molecular complexity index is 656. The molecule has 2 aromatic rings. The molecule has 23 heavy (non-hydrogen) atoms. The predicted octanol–water partition coefficient (Wildman–Crippen LogP) is 2.65. The smallest absolute Gasteiger partial charge is 0.318 e. The predicted molar refractivity (Wildman–Crippen MR) is 84.8 cm³/mol. The Morgan fingerprint density at radius 3 is 2.87 bits per heavy atom. The first-order valence-corrected chi connectivity index (χ1v) is 7.76. The molecular weight excluding hydrogens is 294 g/mol. The highest BCUT2D eigenvalue weighted by Gasteiger charge is 2.31. The number of hydrogen-bond donors (Lipinski definition) is 1. The Hall–Kier alpha value is -2.34. The molecule has 2 atom stereocenters. The van der Waals surface area contributed by atoms with Crippen LogP contribution >= 0.6 is 0 Å². The minimum Gasteiger partial charge on any atom is -0.374 e. The van der Waals surface area contributed by atoms with Crippen LogP contribution in [0.3, 0.4) is 0 Å². The molecule has 0 saturated carbocycles. The van der Waals surface area contributed by atoms with Crippen molar-refractivity contribution in [3.63, 3.8) is 0 Å². The molecule has 2 heterocycles. The number of carbonyl (C=O) groups is 1. The first kappa shape index (κ1) is 15.6. The van der Waals surface area contributed by atoms with Crippen molar-refractivity contribution < 1.29 is 14.1 Å². The van der Waals surface area contributed by atoms with Gasteiger partial charge in [0.05, 0.1) is 25.3 Å². The Morgan fingerprint density at radius 1 is 1.39 bits per heavy atom. The third-order valence-corrected chi connectivity index (χ3v) is 3.91. The summed E-state index contributed by atoms with van der Waals surface area (Å²) in [6.07, 6.45) is 0.0232. The van der Waals surface area contributed by atoms with Gasteiger partial charge in [0.2, 0.25) is 0 Å². The molecular formula is C17H21N3O3. The molecule has 0 unspecified atom stereocenters. The third-order valence-electron chi connectivity index (χ3n) is 3.91. The van der Waals surface area contributed by atoms with Crippen molar-refractivity contribution in [3.8, 4) is 0 Å². The summed E-state index contributed by atoms with van der Waals surface area (Å²) in [7, 11) is 0. The van der Waals surface area contributed by atoms with E-state index in [0.717, 1.165) is 11.3 Å². The summed E-state index contributed by atoms with van der Waals surface area (Å²) < 4.78 is 10.8. The van der Waals surface area contributed by atoms with Crippen molar-refractivity contribution in [2.24, 2.45) is 0 Å². The second-order valence-electron chi connectivity index (χ2n) is 5.81. The molecule has 1 N–H and O–H groups in total. The van der Waals surface area contributed by atoms with Crippen LogP contribution in [0.15, 0.2) is 40.9 Å². The van der Waals surface area contributed by atoms with Gasteiger partial charge in [-0.3, -0.25) is 0 Å². The van der Waals surface area contributed by atoms with Gasteiger partial charge in [-0.1, -0.05) is 35.5 Å². The maximum Gasteiger partial charge on any atom is 0.318 e. The van der Waals surface area contributed by atoms with Crippen molar-refractivity contribution in [1.29, 1.82) is 0 Å². The fourth-order valence-corrected chi connectivity index (χ4v) is 2.75. The van der Waals surface area contributed by atoms with Crippen LogP contribution in [-0.2, 0) is 11.3 Å². The Balaban J connectivity index is 1.69. The summed E-state index contributed by atoms with van der Waals surface area (Å²) in [4.78, 5) is 14.4. The lowest BCUT2D eigenvalue weighted by Crippen LogP contribution is -2.50. The molecule has 2 amide bonds. The summed E-state index contributed by atoms with van der Waals surface area (Å²) in [6, 6.07) is 11.6. The molecule has 1 aliphatic heterocycles. The van der Waals surface area contributed by atoms with E-state index in [2.05, 4.69) is 10.5 Å². The molecule has 1 aromatic heterocycles. The highest BCUT2D eigenvalue weighted by molar-refractivity contribution is 5.75. The molecule has 0 spiro atoms. The molecule has 1 aromatic carbocycles. The molecule has 1 saturated heterocycles. The van der Waals surface area contributed by atoms with E-state index < -0.39 is 0 Å². The molecule has 1 aliphatic rings. The van der Waals surface area contributed by atoms with Crippen molar-refractivity contribution >= 4 is 6.03 Å². The zero-order chi connectivity index (χ0) is 16.2. The van der Waals surface area contributed by atoms with E-state index in [0.29, 0.717) is 25.4 Å². The number of carbonyl (C=O) groups excluding carboxylic acids is 1. The van der Waals surface area contributed by atoms with E-state index in [1.54, 1.807) is 0 Å². The van der Waals surface area contributed by atoms with Gasteiger partial charge in [0, 0.05) is 12.6 Å². The normalized spacial score (nSPS) is 21.2. The van der Waals surface area contributed by atoms with Crippen molar-refractivity contribution in [2.75, 3.05) is 13.2 Å². The van der Waals surface area contributed by atoms with Gasteiger partial charge in [-0.15, -0.1) is 0 Å². The zero-order valence-electron chi connectivity index (χ0n) is 13.4. The van der Waals surface area contributed by atoms with Crippen LogP contribution in [0.1, 0.15) is 30.0 Å². The minimum absolute atomic E-state index is 0.0232. The van der Waals surface area contributed by atoms with Crippen molar-refractivity contribution in [1.82, 2.24) is 15.4 Å². The average Bonchev–Trinajstić information content (AvgIpc) is 2.99. The number of ether oxygens (including phenoxy) is 1. The molecule has 0 radical (unpaired) electrons. The molecule has 6 heteroatoms. The van der Waals surface area contributed by atoms with Crippen LogP contribution in [0.5, 0.6) is 0 Å². The van der Waals surface area contributed by atoms with E-state index in [-0.39, 0.29) is 18.2 Å². The average molecular weight is 315 g/mol. The number of rotatable bonds is 3. The number of morpholine rings is 1. The lowest BCUT2D eigenvalue weighted by Gasteiger charge is -2.38. The van der Waals surface area contributed by atoms with E-state index in [9.17, 15) is 4.79 Å². The topological polar surface area (TPSA) is 67.6 Å². The zero-order valence-corrected chi connectivity index (χ0v) is 13.4. The number of nitrogens with one attached hydrogen (secondary N) is 1. The molecule has 6 nitrogen and oxygen atoms in total. The molecule has 1 fully saturated rings. The first-order chi connectivity index (χ1) is 11.1. The Labute approximate surface area is 135 Å². The standard InChI is InChI=1S/C17H21N3O3/c1-12-8-15(19-23-12)9-18-17(21)20-10-13(2)22-11-16(20)14-6-4-3-5-7-14/h3-8,13,16H,9-11H2,1-2H3,(H,18,21)/t13-,16-/m1/s1. The van der Waals surface area contributed by atoms with E-state index in [1.165, 1.54) is 0 Å². The van der Waals surface area contributed by atoms with Crippen molar-refractivity contribution in [3.05, 3.63) is 53.4 Å². The number of aryl methyl sites for hydroxylation is 1. The fourth-order valence-electron chi connectivity index (χ4n) is 2.75. The van der Waals surface area contributed by atoms with E-state index in [4.69, 9.17) is 9.26 Å². The highest BCUT2D eigenvalue weighted by Crippen LogP contribution is 2.26. The summed E-state index contributed by atoms with van der Waals surface area (Å²) in [5, 5.41) is 6.80. The van der Waals surface area contributed by atoms with Gasteiger partial charge in [-0.2, -0.15) is 0 Å². The second kappa shape index (κ2) is 6.83. The van der Waals surface area contributed by atoms with Gasteiger partial charge in [-0.25, -0.2) is 4.79 Å². The van der Waals surface area contributed by atoms with Crippen LogP contribution in [0.4, 0.5) is 4.79 Å². The van der Waals surface area contributed by atoms with Crippen LogP contribution < -0.4 is 5.32 Å². The van der Waals surface area contributed by atoms with Crippen LogP contribution in [0.25, 0.3) is 0 Å². The lowest BCUT2D eigenvalue weighted by atomic mass is 10.0. The number of benzene rings is 1. The summed E-state index contributed by atoms with van der Waals surface area (Å²) >= 11 is 0. The maximum atomic E-state index is 12.6. The monoisotopic (exact) mass is 315 g/mol. The molecule has 122 valence electrons. The van der Waals surface area contributed by atoms with Gasteiger partial charge in [-0.05, 0) is 19.4 Å².